The van der Waals surface area contributed by atoms with E-state index >= 15 is 0 Å². The van der Waals surface area contributed by atoms with Gasteiger partial charge in [0.25, 0.3) is 5.91 Å². The molecule has 0 aliphatic carbocycles. The first-order chi connectivity index (χ1) is 9.54. The summed E-state index contributed by atoms with van der Waals surface area (Å²) >= 11 is 5.83. The minimum absolute atomic E-state index is 0.126. The van der Waals surface area contributed by atoms with Crippen LogP contribution in [0.15, 0.2) is 18.2 Å². The number of carbonyl (C=O) groups excluding carboxylic acids is 2. The number of nitrogens with two attached hydrogens (primary N) is 1. The van der Waals surface area contributed by atoms with E-state index in [0.717, 1.165) is 0 Å². The molecule has 2 N–H and O–H groups in total. The lowest BCUT2D eigenvalue weighted by Crippen LogP contribution is -2.53. The summed E-state index contributed by atoms with van der Waals surface area (Å²) in [6.45, 7) is 0.824. The van der Waals surface area contributed by atoms with Gasteiger partial charge in [-0.15, -0.1) is 0 Å². The summed E-state index contributed by atoms with van der Waals surface area (Å²) in [4.78, 5) is 25.6. The number of halogens is 1. The number of morpholine rings is 1. The number of amides is 1. The lowest BCUT2D eigenvalue weighted by molar-refractivity contribution is -0.151. The Hall–Kier alpha value is -1.79. The van der Waals surface area contributed by atoms with Gasteiger partial charge in [-0.3, -0.25) is 4.79 Å². The molecule has 20 heavy (non-hydrogen) atoms. The molecule has 0 aromatic heterocycles. The summed E-state index contributed by atoms with van der Waals surface area (Å²) in [5.74, 6) is -0.799. The molecule has 1 unspecified atom stereocenters. The van der Waals surface area contributed by atoms with Crippen LogP contribution in [-0.2, 0) is 14.3 Å². The lowest BCUT2D eigenvalue weighted by Gasteiger charge is -2.33. The zero-order chi connectivity index (χ0) is 14.7. The van der Waals surface area contributed by atoms with E-state index in [2.05, 4.69) is 0 Å². The van der Waals surface area contributed by atoms with Crippen LogP contribution < -0.4 is 5.73 Å². The first-order valence-electron chi connectivity index (χ1n) is 6.06. The van der Waals surface area contributed by atoms with Crippen molar-refractivity contribution in [2.45, 2.75) is 6.04 Å². The Bertz CT molecular complexity index is 535. The fraction of sp³-hybridized carbons (Fsp3) is 0.385. The number of hydrogen-bond donors (Lipinski definition) is 1. The summed E-state index contributed by atoms with van der Waals surface area (Å²) in [5.41, 5.74) is 6.39. The summed E-state index contributed by atoms with van der Waals surface area (Å²) in [7, 11) is 1.28. The molecule has 108 valence electrons. The number of benzene rings is 1. The molecule has 1 fully saturated rings. The van der Waals surface area contributed by atoms with Gasteiger partial charge in [0.05, 0.1) is 31.0 Å². The Morgan fingerprint density at radius 3 is 2.90 bits per heavy atom. The van der Waals surface area contributed by atoms with Gasteiger partial charge >= 0.3 is 5.97 Å². The molecule has 1 aliphatic heterocycles. The number of nitrogen functional groups attached to an aromatic ring is 1. The van der Waals surface area contributed by atoms with Gasteiger partial charge in [-0.05, 0) is 18.2 Å². The summed E-state index contributed by atoms with van der Waals surface area (Å²) in [5, 5.41) is 0.382. The largest absolute Gasteiger partial charge is 0.467 e. The van der Waals surface area contributed by atoms with Crippen LogP contribution in [0.4, 0.5) is 5.69 Å². The molecule has 6 nitrogen and oxygen atoms in total. The highest BCUT2D eigenvalue weighted by Gasteiger charge is 2.34. The number of anilines is 1. The molecule has 1 aromatic carbocycles. The second-order valence-corrected chi connectivity index (χ2v) is 4.76. The van der Waals surface area contributed by atoms with Crippen molar-refractivity contribution in [3.05, 3.63) is 28.8 Å². The number of hydrogen-bond acceptors (Lipinski definition) is 5. The van der Waals surface area contributed by atoms with Gasteiger partial charge in [-0.1, -0.05) is 11.6 Å². The summed E-state index contributed by atoms with van der Waals surface area (Å²) in [6, 6.07) is 3.88. The van der Waals surface area contributed by atoms with E-state index in [-0.39, 0.29) is 12.5 Å². The smallest absolute Gasteiger partial charge is 0.331 e. The zero-order valence-corrected chi connectivity index (χ0v) is 11.7. The minimum atomic E-state index is -0.738. The average Bonchev–Trinajstić information content (AvgIpc) is 2.48. The molecule has 0 bridgehead atoms. The minimum Gasteiger partial charge on any atom is -0.467 e. The van der Waals surface area contributed by atoms with Gasteiger partial charge in [0.15, 0.2) is 6.04 Å². The first-order valence-corrected chi connectivity index (χ1v) is 6.44. The van der Waals surface area contributed by atoms with E-state index in [1.165, 1.54) is 18.1 Å². The van der Waals surface area contributed by atoms with Crippen LogP contribution in [0.5, 0.6) is 0 Å². The SMILES string of the molecule is COC(=O)C1COCCN1C(=O)c1ccc(Cl)c(N)c1. The molecule has 1 atom stereocenters. The topological polar surface area (TPSA) is 81.9 Å². The molecule has 0 radical (unpaired) electrons. The Morgan fingerprint density at radius 2 is 2.25 bits per heavy atom. The quantitative estimate of drug-likeness (QED) is 0.649. The third-order valence-electron chi connectivity index (χ3n) is 3.11. The van der Waals surface area contributed by atoms with Gasteiger partial charge in [0.2, 0.25) is 0 Å². The van der Waals surface area contributed by atoms with Gasteiger partial charge in [-0.25, -0.2) is 4.79 Å². The highest BCUT2D eigenvalue weighted by molar-refractivity contribution is 6.33. The predicted molar refractivity (Wildman–Crippen MR) is 73.5 cm³/mol. The van der Waals surface area contributed by atoms with Gasteiger partial charge < -0.3 is 20.1 Å². The van der Waals surface area contributed by atoms with E-state index in [1.807, 2.05) is 0 Å². The van der Waals surface area contributed by atoms with E-state index in [0.29, 0.717) is 29.4 Å². The second kappa shape index (κ2) is 6.11. The third-order valence-corrected chi connectivity index (χ3v) is 3.45. The van der Waals surface area contributed by atoms with Crippen molar-refractivity contribution in [1.29, 1.82) is 0 Å². The number of nitrogens with zero attached hydrogens (tertiary/aromatic N) is 1. The van der Waals surface area contributed by atoms with Gasteiger partial charge in [0.1, 0.15) is 0 Å². The number of rotatable bonds is 2. The third kappa shape index (κ3) is 2.86. The summed E-state index contributed by atoms with van der Waals surface area (Å²) in [6.07, 6.45) is 0. The van der Waals surface area contributed by atoms with Gasteiger partial charge in [0, 0.05) is 12.1 Å². The summed E-state index contributed by atoms with van der Waals surface area (Å²) < 4.78 is 9.91. The molecule has 1 heterocycles. The normalized spacial score (nSPS) is 18.7. The molecule has 0 spiro atoms. The predicted octanol–water partition coefficient (Wildman–Crippen LogP) is 0.936. The van der Waals surface area contributed by atoms with Crippen LogP contribution in [0.2, 0.25) is 5.02 Å². The molecule has 2 rings (SSSR count). The monoisotopic (exact) mass is 298 g/mol. The lowest BCUT2D eigenvalue weighted by atomic mass is 10.1. The number of esters is 1. The van der Waals surface area contributed by atoms with Crippen LogP contribution in [-0.4, -0.2) is 49.7 Å². The Morgan fingerprint density at radius 1 is 1.50 bits per heavy atom. The first kappa shape index (κ1) is 14.6. The van der Waals surface area contributed by atoms with Crippen LogP contribution >= 0.6 is 11.6 Å². The van der Waals surface area contributed by atoms with E-state index in [1.54, 1.807) is 12.1 Å². The molecule has 0 saturated carbocycles. The molecular weight excluding hydrogens is 284 g/mol. The fourth-order valence-corrected chi connectivity index (χ4v) is 2.14. The maximum Gasteiger partial charge on any atom is 0.331 e. The highest BCUT2D eigenvalue weighted by Crippen LogP contribution is 2.21. The van der Waals surface area contributed by atoms with Crippen molar-refractivity contribution in [3.63, 3.8) is 0 Å². The van der Waals surface area contributed by atoms with Crippen LogP contribution in [0, 0.1) is 0 Å². The Balaban J connectivity index is 2.25. The fourth-order valence-electron chi connectivity index (χ4n) is 2.02. The van der Waals surface area contributed by atoms with E-state index in [9.17, 15) is 9.59 Å². The van der Waals surface area contributed by atoms with Crippen molar-refractivity contribution in [1.82, 2.24) is 4.90 Å². The van der Waals surface area contributed by atoms with Crippen LogP contribution in [0.25, 0.3) is 0 Å². The average molecular weight is 299 g/mol. The molecular formula is C13H15ClN2O4. The molecule has 1 saturated heterocycles. The van der Waals surface area contributed by atoms with Crippen molar-refractivity contribution in [3.8, 4) is 0 Å². The maximum atomic E-state index is 12.5. The highest BCUT2D eigenvalue weighted by atomic mass is 35.5. The van der Waals surface area contributed by atoms with E-state index < -0.39 is 12.0 Å². The second-order valence-electron chi connectivity index (χ2n) is 4.35. The Labute approximate surface area is 121 Å². The molecule has 7 heteroatoms. The van der Waals surface area contributed by atoms with Crippen molar-refractivity contribution >= 4 is 29.2 Å². The van der Waals surface area contributed by atoms with Crippen molar-refractivity contribution in [2.24, 2.45) is 0 Å². The molecule has 1 aliphatic rings. The zero-order valence-electron chi connectivity index (χ0n) is 11.0. The van der Waals surface area contributed by atoms with Crippen molar-refractivity contribution < 1.29 is 19.1 Å². The molecule has 1 aromatic rings. The van der Waals surface area contributed by atoms with Crippen LogP contribution in [0.1, 0.15) is 10.4 Å². The number of methoxy groups -OCH3 is 1. The standard InChI is InChI=1S/C13H15ClN2O4/c1-19-13(18)11-7-20-5-4-16(11)12(17)8-2-3-9(14)10(15)6-8/h2-3,6,11H,4-5,7,15H2,1H3. The van der Waals surface area contributed by atoms with E-state index in [4.69, 9.17) is 26.8 Å². The maximum absolute atomic E-state index is 12.5. The molecule has 1 amide bonds. The number of ether oxygens (including phenoxy) is 2. The van der Waals surface area contributed by atoms with Crippen molar-refractivity contribution in [2.75, 3.05) is 32.6 Å². The van der Waals surface area contributed by atoms with Crippen LogP contribution in [0.3, 0.4) is 0 Å². The number of carbonyl (C=O) groups is 2. The Kier molecular flexibility index (Phi) is 4.46. The van der Waals surface area contributed by atoms with Gasteiger partial charge in [-0.2, -0.15) is 0 Å².